The van der Waals surface area contributed by atoms with E-state index in [0.29, 0.717) is 6.07 Å². The van der Waals surface area contributed by atoms with Gasteiger partial charge in [0.1, 0.15) is 17.4 Å². The van der Waals surface area contributed by atoms with Gasteiger partial charge in [-0.05, 0) is 55.9 Å². The lowest BCUT2D eigenvalue weighted by Crippen LogP contribution is -2.46. The molecule has 1 aliphatic carbocycles. The fraction of sp³-hybridized carbons (Fsp3) is 0.462. The van der Waals surface area contributed by atoms with Crippen molar-refractivity contribution in [3.8, 4) is 5.75 Å². The number of hydrogen-bond donors (Lipinski definition) is 3. The molecule has 2 fully saturated rings. The van der Waals surface area contributed by atoms with Crippen molar-refractivity contribution in [1.29, 1.82) is 0 Å². The summed E-state index contributed by atoms with van der Waals surface area (Å²) in [5.41, 5.74) is 0.132. The van der Waals surface area contributed by atoms with Crippen LogP contribution in [0.15, 0.2) is 36.4 Å². The molecule has 3 N–H and O–H groups in total. The molecule has 0 spiro atoms. The van der Waals surface area contributed by atoms with Crippen molar-refractivity contribution in [1.82, 2.24) is 10.2 Å². The number of phenolic OH excluding ortho intramolecular Hbond substituents is 1. The van der Waals surface area contributed by atoms with Gasteiger partial charge in [0.2, 0.25) is 0 Å². The van der Waals surface area contributed by atoms with E-state index in [0.717, 1.165) is 50.5 Å². The Morgan fingerprint density at radius 3 is 2.24 bits per heavy atom. The second kappa shape index (κ2) is 11.0. The van der Waals surface area contributed by atoms with Gasteiger partial charge in [-0.2, -0.15) is 0 Å². The summed E-state index contributed by atoms with van der Waals surface area (Å²) in [5.74, 6) is -2.30. The molecule has 2 aliphatic rings. The normalized spacial score (nSPS) is 17.9. The number of aromatic hydroxyl groups is 1. The number of phenols is 1. The van der Waals surface area contributed by atoms with Crippen LogP contribution in [-0.2, 0) is 0 Å². The van der Waals surface area contributed by atoms with E-state index in [9.17, 15) is 23.5 Å². The Balaban J connectivity index is 1.28. The molecule has 4 rings (SSSR count). The number of carbonyl (C=O) groups excluding carboxylic acids is 2. The predicted molar refractivity (Wildman–Crippen MR) is 126 cm³/mol. The van der Waals surface area contributed by atoms with E-state index in [1.807, 2.05) is 0 Å². The highest BCUT2D eigenvalue weighted by molar-refractivity contribution is 6.05. The van der Waals surface area contributed by atoms with Gasteiger partial charge < -0.3 is 20.6 Å². The molecule has 34 heavy (non-hydrogen) atoms. The first-order valence-electron chi connectivity index (χ1n) is 12.0. The second-order valence-electron chi connectivity index (χ2n) is 9.40. The Morgan fingerprint density at radius 1 is 0.912 bits per heavy atom. The van der Waals surface area contributed by atoms with Gasteiger partial charge >= 0.3 is 0 Å². The highest BCUT2D eigenvalue weighted by Crippen LogP contribution is 2.26. The fourth-order valence-corrected chi connectivity index (χ4v) is 4.95. The van der Waals surface area contributed by atoms with Gasteiger partial charge in [0, 0.05) is 49.1 Å². The summed E-state index contributed by atoms with van der Waals surface area (Å²) in [7, 11) is 0. The van der Waals surface area contributed by atoms with E-state index in [1.165, 1.54) is 50.3 Å². The van der Waals surface area contributed by atoms with Crippen molar-refractivity contribution < 1.29 is 23.5 Å². The molecule has 6 nitrogen and oxygen atoms in total. The van der Waals surface area contributed by atoms with Crippen LogP contribution in [0.4, 0.5) is 14.5 Å². The summed E-state index contributed by atoms with van der Waals surface area (Å²) in [6.45, 7) is 3.06. The summed E-state index contributed by atoms with van der Waals surface area (Å²) in [5, 5.41) is 15.8. The quantitative estimate of drug-likeness (QED) is 0.571. The number of nitrogens with zero attached hydrogens (tertiary/aromatic N) is 1. The van der Waals surface area contributed by atoms with Crippen LogP contribution in [0.25, 0.3) is 0 Å². The molecule has 1 aliphatic heterocycles. The number of nitrogens with one attached hydrogen (secondary N) is 2. The highest BCUT2D eigenvalue weighted by atomic mass is 19.1. The number of carbonyl (C=O) groups is 2. The molecule has 1 heterocycles. The molecule has 1 saturated heterocycles. The number of likely N-dealkylation sites (tertiary alicyclic amines) is 1. The standard InChI is InChI=1S/C26H31F2N3O3/c27-19-12-18(13-20(28)14-19)25(33)30-22-6-7-23(24(32)15-22)26(34)29-21-8-10-31(11-9-21)16-17-4-2-1-3-5-17/h6-7,12-15,17,21,32H,1-5,8-11,16H2,(H,29,34)(H,30,33). The summed E-state index contributed by atoms with van der Waals surface area (Å²) in [6, 6.07) is 6.70. The monoisotopic (exact) mass is 471 g/mol. The number of rotatable bonds is 6. The van der Waals surface area contributed by atoms with Gasteiger partial charge in [-0.25, -0.2) is 8.78 Å². The van der Waals surface area contributed by atoms with Crippen molar-refractivity contribution in [3.05, 3.63) is 59.2 Å². The molecule has 0 bridgehead atoms. The summed E-state index contributed by atoms with van der Waals surface area (Å²) in [6.07, 6.45) is 8.43. The predicted octanol–water partition coefficient (Wildman–Crippen LogP) is 4.70. The van der Waals surface area contributed by atoms with Crippen LogP contribution < -0.4 is 10.6 Å². The topological polar surface area (TPSA) is 81.7 Å². The first kappa shape index (κ1) is 24.1. The van der Waals surface area contributed by atoms with E-state index in [4.69, 9.17) is 0 Å². The number of benzene rings is 2. The van der Waals surface area contributed by atoms with Crippen molar-refractivity contribution in [2.75, 3.05) is 25.0 Å². The Kier molecular flexibility index (Phi) is 7.77. The maximum atomic E-state index is 13.3. The Bertz CT molecular complexity index is 1010. The Hall–Kier alpha value is -3.00. The molecule has 2 aromatic rings. The molecule has 0 atom stereocenters. The van der Waals surface area contributed by atoms with E-state index < -0.39 is 17.5 Å². The Labute approximate surface area is 198 Å². The van der Waals surface area contributed by atoms with Crippen molar-refractivity contribution in [3.63, 3.8) is 0 Å². The second-order valence-corrected chi connectivity index (χ2v) is 9.40. The maximum absolute atomic E-state index is 13.3. The van der Waals surface area contributed by atoms with E-state index >= 15 is 0 Å². The third kappa shape index (κ3) is 6.32. The SMILES string of the molecule is O=C(Nc1ccc(C(=O)NC2CCN(CC3CCCCC3)CC2)c(O)c1)c1cc(F)cc(F)c1. The number of piperidine rings is 1. The minimum atomic E-state index is -0.861. The van der Waals surface area contributed by atoms with Gasteiger partial charge in [0.15, 0.2) is 0 Å². The molecule has 1 saturated carbocycles. The molecule has 2 amide bonds. The third-order valence-corrected chi connectivity index (χ3v) is 6.79. The number of anilines is 1. The van der Waals surface area contributed by atoms with E-state index in [2.05, 4.69) is 15.5 Å². The smallest absolute Gasteiger partial charge is 0.255 e. The first-order valence-corrected chi connectivity index (χ1v) is 12.0. The highest BCUT2D eigenvalue weighted by Gasteiger charge is 2.24. The molecule has 0 radical (unpaired) electrons. The average molecular weight is 472 g/mol. The van der Waals surface area contributed by atoms with Crippen LogP contribution in [0.1, 0.15) is 65.7 Å². The maximum Gasteiger partial charge on any atom is 0.255 e. The van der Waals surface area contributed by atoms with Crippen molar-refractivity contribution in [2.24, 2.45) is 5.92 Å². The molecular formula is C26H31F2N3O3. The Morgan fingerprint density at radius 2 is 1.59 bits per heavy atom. The van der Waals surface area contributed by atoms with Crippen LogP contribution in [0.5, 0.6) is 5.75 Å². The summed E-state index contributed by atoms with van der Waals surface area (Å²) < 4.78 is 26.7. The average Bonchev–Trinajstić information content (AvgIpc) is 2.80. The minimum Gasteiger partial charge on any atom is -0.507 e. The summed E-state index contributed by atoms with van der Waals surface area (Å²) >= 11 is 0. The molecular weight excluding hydrogens is 440 g/mol. The minimum absolute atomic E-state index is 0.0526. The van der Waals surface area contributed by atoms with Gasteiger partial charge in [0.05, 0.1) is 5.56 Å². The summed E-state index contributed by atoms with van der Waals surface area (Å²) in [4.78, 5) is 27.5. The van der Waals surface area contributed by atoms with Gasteiger partial charge in [-0.15, -0.1) is 0 Å². The molecule has 8 heteroatoms. The lowest BCUT2D eigenvalue weighted by atomic mass is 9.88. The lowest BCUT2D eigenvalue weighted by molar-refractivity contribution is 0.0898. The van der Waals surface area contributed by atoms with Crippen LogP contribution in [0.3, 0.4) is 0 Å². The third-order valence-electron chi connectivity index (χ3n) is 6.79. The zero-order valence-corrected chi connectivity index (χ0v) is 19.2. The number of hydrogen-bond acceptors (Lipinski definition) is 4. The number of halogens is 2. The fourth-order valence-electron chi connectivity index (χ4n) is 4.95. The zero-order chi connectivity index (χ0) is 24.1. The lowest BCUT2D eigenvalue weighted by Gasteiger charge is -2.35. The van der Waals surface area contributed by atoms with Crippen LogP contribution in [-0.4, -0.2) is 47.5 Å². The van der Waals surface area contributed by atoms with Crippen LogP contribution in [0, 0.1) is 17.6 Å². The van der Waals surface area contributed by atoms with Crippen LogP contribution >= 0.6 is 0 Å². The molecule has 0 unspecified atom stereocenters. The largest absolute Gasteiger partial charge is 0.507 e. The van der Waals surface area contributed by atoms with Crippen molar-refractivity contribution >= 4 is 17.5 Å². The molecule has 2 aromatic carbocycles. The molecule has 182 valence electrons. The van der Waals surface area contributed by atoms with Gasteiger partial charge in [-0.3, -0.25) is 9.59 Å². The van der Waals surface area contributed by atoms with Crippen LogP contribution in [0.2, 0.25) is 0 Å². The van der Waals surface area contributed by atoms with Gasteiger partial charge in [-0.1, -0.05) is 19.3 Å². The number of amides is 2. The van der Waals surface area contributed by atoms with Crippen molar-refractivity contribution in [2.45, 2.75) is 51.0 Å². The zero-order valence-electron chi connectivity index (χ0n) is 19.2. The van der Waals surface area contributed by atoms with E-state index in [-0.39, 0.29) is 34.5 Å². The van der Waals surface area contributed by atoms with E-state index in [1.54, 1.807) is 0 Å². The van der Waals surface area contributed by atoms with Gasteiger partial charge in [0.25, 0.3) is 11.8 Å². The molecule has 0 aromatic heterocycles. The first-order chi connectivity index (χ1) is 16.4.